The number of carboxylic acid groups (broad SMARTS) is 1. The Labute approximate surface area is 168 Å². The number of nitrogens with one attached hydrogen (secondary N) is 1. The van der Waals surface area contributed by atoms with E-state index in [2.05, 4.69) is 5.32 Å². The van der Waals surface area contributed by atoms with Crippen molar-refractivity contribution in [2.45, 2.75) is 25.5 Å². The molecule has 1 fully saturated rings. The second-order valence-electron chi connectivity index (χ2n) is 6.04. The Balaban J connectivity index is 0.00000169. The molecule has 8 heteroatoms. The maximum atomic E-state index is 12.2. The molecule has 0 radical (unpaired) electrons. The summed E-state index contributed by atoms with van der Waals surface area (Å²) >= 11 is 0. The van der Waals surface area contributed by atoms with Crippen LogP contribution in [0.1, 0.15) is 30.7 Å². The van der Waals surface area contributed by atoms with Gasteiger partial charge in [0.15, 0.2) is 0 Å². The van der Waals surface area contributed by atoms with E-state index in [1.807, 2.05) is 0 Å². The van der Waals surface area contributed by atoms with Crippen LogP contribution in [0.5, 0.6) is 0 Å². The van der Waals surface area contributed by atoms with E-state index in [0.29, 0.717) is 23.1 Å². The molecule has 1 aromatic rings. The van der Waals surface area contributed by atoms with Gasteiger partial charge in [-0.2, -0.15) is 0 Å². The molecule has 0 unspecified atom stereocenters. The van der Waals surface area contributed by atoms with E-state index in [1.165, 1.54) is 18.9 Å². The molecule has 7 nitrogen and oxygen atoms in total. The SMILES string of the molecule is CNC(=O)c1cccc(C2=C(C(=O)O)N3C(=O)[C@H]([C@@H](C)O)[C@H]3C2)c1.[H-].[Na+]. The van der Waals surface area contributed by atoms with Crippen LogP contribution in [0.3, 0.4) is 0 Å². The van der Waals surface area contributed by atoms with Gasteiger partial charge in [0.05, 0.1) is 18.1 Å². The molecule has 2 heterocycles. The predicted octanol–water partition coefficient (Wildman–Crippen LogP) is -2.43. The van der Waals surface area contributed by atoms with Crippen molar-refractivity contribution in [1.82, 2.24) is 10.2 Å². The van der Waals surface area contributed by atoms with Gasteiger partial charge >= 0.3 is 35.5 Å². The molecule has 1 aromatic carbocycles. The molecule has 2 amide bonds. The maximum Gasteiger partial charge on any atom is 1.00 e. The molecule has 3 N–H and O–H groups in total. The number of fused-ring (bicyclic) bond motifs is 1. The van der Waals surface area contributed by atoms with Crippen LogP contribution in [-0.4, -0.2) is 52.1 Å². The Morgan fingerprint density at radius 2 is 2.08 bits per heavy atom. The number of aliphatic carboxylic acids is 1. The number of aliphatic hydroxyl groups excluding tert-OH is 1. The summed E-state index contributed by atoms with van der Waals surface area (Å²) in [5.41, 5.74) is 1.46. The second kappa shape index (κ2) is 7.29. The number of carbonyl (C=O) groups is 3. The molecular weight excluding hydrogens is 335 g/mol. The summed E-state index contributed by atoms with van der Waals surface area (Å²) in [6, 6.07) is 6.30. The van der Waals surface area contributed by atoms with Gasteiger partial charge < -0.3 is 21.9 Å². The minimum Gasteiger partial charge on any atom is -1.00 e. The number of hydrogen-bond acceptors (Lipinski definition) is 4. The van der Waals surface area contributed by atoms with Crippen LogP contribution in [0.15, 0.2) is 30.0 Å². The van der Waals surface area contributed by atoms with Crippen LogP contribution in [0.4, 0.5) is 0 Å². The van der Waals surface area contributed by atoms with E-state index in [-0.39, 0.29) is 54.5 Å². The molecule has 3 rings (SSSR count). The standard InChI is InChI=1S/C17H18N2O5.Na.H/c1-8(20)13-12-7-11(14(17(23)24)19(12)16(13)22)9-4-3-5-10(6-9)15(21)18-2;;/h3-6,8,12-13,20H,7H2,1-2H3,(H,18,21)(H,23,24);;/q;+1;-1/t8-,12-,13-;;/m1../s1. The van der Waals surface area contributed by atoms with Gasteiger partial charge in [-0.1, -0.05) is 12.1 Å². The molecule has 0 spiro atoms. The van der Waals surface area contributed by atoms with Gasteiger partial charge in [0.2, 0.25) is 5.91 Å². The van der Waals surface area contributed by atoms with E-state index in [4.69, 9.17) is 0 Å². The summed E-state index contributed by atoms with van der Waals surface area (Å²) in [7, 11) is 1.52. The first kappa shape index (κ1) is 19.7. The third kappa shape index (κ3) is 3.13. The summed E-state index contributed by atoms with van der Waals surface area (Å²) in [6.07, 6.45) is -0.481. The third-order valence-corrected chi connectivity index (χ3v) is 4.63. The van der Waals surface area contributed by atoms with Crippen LogP contribution < -0.4 is 34.9 Å². The van der Waals surface area contributed by atoms with Gasteiger partial charge in [-0.3, -0.25) is 9.59 Å². The number of carboxylic acids is 1. The number of rotatable bonds is 4. The first-order chi connectivity index (χ1) is 11.4. The van der Waals surface area contributed by atoms with Crippen LogP contribution >= 0.6 is 0 Å². The van der Waals surface area contributed by atoms with E-state index < -0.39 is 18.0 Å². The number of nitrogens with zero attached hydrogens (tertiary/aromatic N) is 1. The van der Waals surface area contributed by atoms with Gasteiger partial charge in [0.25, 0.3) is 5.91 Å². The summed E-state index contributed by atoms with van der Waals surface area (Å²) < 4.78 is 0. The number of β-lactam (4-membered cyclic amide) rings is 1. The van der Waals surface area contributed by atoms with Gasteiger partial charge in [0.1, 0.15) is 5.70 Å². The van der Waals surface area contributed by atoms with Crippen molar-refractivity contribution in [3.05, 3.63) is 41.1 Å². The molecule has 2 aliphatic rings. The summed E-state index contributed by atoms with van der Waals surface area (Å²) in [5.74, 6) is -2.41. The Bertz CT molecular complexity index is 780. The van der Waals surface area contributed by atoms with E-state index in [0.717, 1.165) is 0 Å². The van der Waals surface area contributed by atoms with Gasteiger partial charge in [0, 0.05) is 12.6 Å². The zero-order valence-electron chi connectivity index (χ0n) is 15.3. The fourth-order valence-corrected chi connectivity index (χ4v) is 3.52. The van der Waals surface area contributed by atoms with Crippen molar-refractivity contribution in [2.24, 2.45) is 5.92 Å². The fraction of sp³-hybridized carbons (Fsp3) is 0.353. The largest absolute Gasteiger partial charge is 1.00 e. The first-order valence-electron chi connectivity index (χ1n) is 7.67. The summed E-state index contributed by atoms with van der Waals surface area (Å²) in [5, 5.41) is 21.8. The van der Waals surface area contributed by atoms with Crippen molar-refractivity contribution in [2.75, 3.05) is 7.05 Å². The molecule has 0 bridgehead atoms. The molecule has 128 valence electrons. The number of amides is 2. The average molecular weight is 354 g/mol. The fourth-order valence-electron chi connectivity index (χ4n) is 3.52. The van der Waals surface area contributed by atoms with Gasteiger partial charge in [-0.25, -0.2) is 4.79 Å². The molecule has 2 aliphatic heterocycles. The average Bonchev–Trinajstić information content (AvgIpc) is 2.89. The zero-order chi connectivity index (χ0) is 17.6. The zero-order valence-corrected chi connectivity index (χ0v) is 16.3. The van der Waals surface area contributed by atoms with Crippen molar-refractivity contribution in [3.63, 3.8) is 0 Å². The van der Waals surface area contributed by atoms with Crippen LogP contribution in [0, 0.1) is 5.92 Å². The normalized spacial score (nSPS) is 22.7. The molecule has 3 atom stereocenters. The molecule has 1 saturated heterocycles. The number of aliphatic hydroxyl groups is 1. The topological polar surface area (TPSA) is 107 Å². The van der Waals surface area contributed by atoms with E-state index >= 15 is 0 Å². The summed E-state index contributed by atoms with van der Waals surface area (Å²) in [6.45, 7) is 1.53. The third-order valence-electron chi connectivity index (χ3n) is 4.63. The number of hydrogen-bond donors (Lipinski definition) is 3. The Hall–Kier alpha value is -1.67. The number of carbonyl (C=O) groups excluding carboxylic acids is 2. The Morgan fingerprint density at radius 3 is 2.64 bits per heavy atom. The van der Waals surface area contributed by atoms with E-state index in [1.54, 1.807) is 24.3 Å². The van der Waals surface area contributed by atoms with E-state index in [9.17, 15) is 24.6 Å². The molecule has 0 aliphatic carbocycles. The molecule has 0 aromatic heterocycles. The second-order valence-corrected chi connectivity index (χ2v) is 6.04. The molecule has 25 heavy (non-hydrogen) atoms. The van der Waals surface area contributed by atoms with Crippen molar-refractivity contribution in [1.29, 1.82) is 0 Å². The molecule has 0 saturated carbocycles. The smallest absolute Gasteiger partial charge is 1.00 e. The minimum absolute atomic E-state index is 0. The van der Waals surface area contributed by atoms with Crippen molar-refractivity contribution >= 4 is 23.4 Å². The quantitative estimate of drug-likeness (QED) is 0.412. The van der Waals surface area contributed by atoms with Crippen molar-refractivity contribution < 1.29 is 55.6 Å². The van der Waals surface area contributed by atoms with Gasteiger partial charge in [-0.05, 0) is 36.6 Å². The maximum absolute atomic E-state index is 12.2. The monoisotopic (exact) mass is 354 g/mol. The summed E-state index contributed by atoms with van der Waals surface area (Å²) in [4.78, 5) is 36.9. The van der Waals surface area contributed by atoms with Crippen LogP contribution in [0.25, 0.3) is 5.57 Å². The molecular formula is C17H19N2NaO5. The van der Waals surface area contributed by atoms with Crippen LogP contribution in [-0.2, 0) is 9.59 Å². The van der Waals surface area contributed by atoms with Gasteiger partial charge in [-0.15, -0.1) is 0 Å². The predicted molar refractivity (Wildman–Crippen MR) is 85.9 cm³/mol. The minimum atomic E-state index is -1.18. The van der Waals surface area contributed by atoms with Crippen LogP contribution in [0.2, 0.25) is 0 Å². The Morgan fingerprint density at radius 1 is 1.40 bits per heavy atom. The Kier molecular flexibility index (Phi) is 5.73. The first-order valence-corrected chi connectivity index (χ1v) is 7.67. The number of benzene rings is 1. The van der Waals surface area contributed by atoms with Crippen molar-refractivity contribution in [3.8, 4) is 0 Å².